The maximum atomic E-state index is 12.4. The fourth-order valence-electron chi connectivity index (χ4n) is 2.94. The average molecular weight is 361 g/mol. The van der Waals surface area contributed by atoms with Gasteiger partial charge in [0.1, 0.15) is 0 Å². The van der Waals surface area contributed by atoms with Gasteiger partial charge < -0.3 is 10.4 Å². The number of aliphatic hydroxyl groups is 1. The third kappa shape index (κ3) is 3.54. The van der Waals surface area contributed by atoms with Gasteiger partial charge in [-0.05, 0) is 52.9 Å². The quantitative estimate of drug-likeness (QED) is 0.862. The first kappa shape index (κ1) is 15.8. The van der Waals surface area contributed by atoms with Crippen LogP contribution >= 0.6 is 27.5 Å². The van der Waals surface area contributed by atoms with Gasteiger partial charge >= 0.3 is 0 Å². The van der Waals surface area contributed by atoms with Gasteiger partial charge in [-0.25, -0.2) is 0 Å². The molecule has 2 atom stereocenters. The van der Waals surface area contributed by atoms with Crippen molar-refractivity contribution in [1.82, 2.24) is 5.32 Å². The minimum Gasteiger partial charge on any atom is -0.394 e. The highest BCUT2D eigenvalue weighted by atomic mass is 79.9. The fraction of sp³-hybridized carbons (Fsp3) is 0.533. The summed E-state index contributed by atoms with van der Waals surface area (Å²) in [6.07, 6.45) is 3.83. The molecule has 2 unspecified atom stereocenters. The summed E-state index contributed by atoms with van der Waals surface area (Å²) in [4.78, 5) is 12.4. The van der Waals surface area contributed by atoms with Gasteiger partial charge in [0.05, 0.1) is 17.7 Å². The molecule has 1 aliphatic rings. The standard InChI is InChI=1S/C15H19BrClNO2/c1-10-3-2-6-15(8-10,9-19)18-14(20)12-5-4-11(17)7-13(12)16/h4-5,7,10,19H,2-3,6,8-9H2,1H3,(H,18,20). The van der Waals surface area contributed by atoms with Crippen LogP contribution in [-0.4, -0.2) is 23.2 Å². The lowest BCUT2D eigenvalue weighted by atomic mass is 9.76. The Morgan fingerprint density at radius 3 is 2.95 bits per heavy atom. The molecule has 0 aliphatic heterocycles. The van der Waals surface area contributed by atoms with Crippen LogP contribution in [0.5, 0.6) is 0 Å². The van der Waals surface area contributed by atoms with E-state index in [2.05, 4.69) is 28.2 Å². The SMILES string of the molecule is CC1CCCC(CO)(NC(=O)c2ccc(Cl)cc2Br)C1. The van der Waals surface area contributed by atoms with Crippen molar-refractivity contribution in [1.29, 1.82) is 0 Å². The van der Waals surface area contributed by atoms with Gasteiger partial charge in [0, 0.05) is 9.50 Å². The van der Waals surface area contributed by atoms with Crippen LogP contribution in [0.2, 0.25) is 5.02 Å². The van der Waals surface area contributed by atoms with Gasteiger partial charge in [0.15, 0.2) is 0 Å². The number of hydrogen-bond donors (Lipinski definition) is 2. The predicted molar refractivity (Wildman–Crippen MR) is 84.1 cm³/mol. The second kappa shape index (κ2) is 6.46. The molecule has 2 N–H and O–H groups in total. The van der Waals surface area contributed by atoms with Crippen LogP contribution < -0.4 is 5.32 Å². The predicted octanol–water partition coefficient (Wildman–Crippen LogP) is 3.77. The second-order valence-electron chi connectivity index (χ2n) is 5.72. The number of halogens is 2. The minimum atomic E-state index is -0.492. The lowest BCUT2D eigenvalue weighted by Gasteiger charge is -2.39. The topological polar surface area (TPSA) is 49.3 Å². The first-order valence-corrected chi connectivity index (χ1v) is 8.01. The van der Waals surface area contributed by atoms with E-state index in [4.69, 9.17) is 11.6 Å². The Kier molecular flexibility index (Phi) is 5.10. The van der Waals surface area contributed by atoms with Crippen LogP contribution in [0.3, 0.4) is 0 Å². The molecule has 3 nitrogen and oxygen atoms in total. The van der Waals surface area contributed by atoms with Crippen molar-refractivity contribution in [2.45, 2.75) is 38.1 Å². The van der Waals surface area contributed by atoms with E-state index in [1.165, 1.54) is 0 Å². The highest BCUT2D eigenvalue weighted by Gasteiger charge is 2.36. The summed E-state index contributed by atoms with van der Waals surface area (Å²) < 4.78 is 0.666. The Hall–Kier alpha value is -0.580. The number of nitrogens with one attached hydrogen (secondary N) is 1. The molecule has 1 amide bonds. The van der Waals surface area contributed by atoms with Crippen LogP contribution in [0, 0.1) is 5.92 Å². The number of amides is 1. The van der Waals surface area contributed by atoms with Gasteiger partial charge in [-0.3, -0.25) is 4.79 Å². The van der Waals surface area contributed by atoms with Gasteiger partial charge in [-0.2, -0.15) is 0 Å². The molecule has 1 aromatic carbocycles. The van der Waals surface area contributed by atoms with E-state index in [-0.39, 0.29) is 12.5 Å². The zero-order chi connectivity index (χ0) is 14.8. The van der Waals surface area contributed by atoms with Crippen molar-refractivity contribution < 1.29 is 9.90 Å². The Labute approximate surface area is 132 Å². The number of benzene rings is 1. The lowest BCUT2D eigenvalue weighted by Crippen LogP contribution is -2.53. The van der Waals surface area contributed by atoms with Crippen LogP contribution in [0.15, 0.2) is 22.7 Å². The summed E-state index contributed by atoms with van der Waals surface area (Å²) >= 11 is 9.24. The van der Waals surface area contributed by atoms with Crippen molar-refractivity contribution in [2.75, 3.05) is 6.61 Å². The molecule has 0 heterocycles. The van der Waals surface area contributed by atoms with Crippen LogP contribution in [0.4, 0.5) is 0 Å². The molecule has 0 spiro atoms. The minimum absolute atomic E-state index is 0.0196. The van der Waals surface area contributed by atoms with Gasteiger partial charge in [0.2, 0.25) is 0 Å². The molecule has 1 aromatic rings. The monoisotopic (exact) mass is 359 g/mol. The molecule has 1 aliphatic carbocycles. The molecule has 110 valence electrons. The summed E-state index contributed by atoms with van der Waals surface area (Å²) in [5, 5.41) is 13.3. The number of carbonyl (C=O) groups is 1. The summed E-state index contributed by atoms with van der Waals surface area (Å²) in [6, 6.07) is 5.08. The van der Waals surface area contributed by atoms with Crippen LogP contribution in [0.1, 0.15) is 43.0 Å². The van der Waals surface area contributed by atoms with Crippen molar-refractivity contribution in [3.05, 3.63) is 33.3 Å². The van der Waals surface area contributed by atoms with E-state index >= 15 is 0 Å². The van der Waals surface area contributed by atoms with E-state index in [0.717, 1.165) is 25.7 Å². The normalized spacial score (nSPS) is 26.3. The Morgan fingerprint density at radius 2 is 2.35 bits per heavy atom. The highest BCUT2D eigenvalue weighted by molar-refractivity contribution is 9.10. The first-order chi connectivity index (χ1) is 9.46. The first-order valence-electron chi connectivity index (χ1n) is 6.84. The van der Waals surface area contributed by atoms with E-state index in [0.29, 0.717) is 21.0 Å². The molecule has 20 heavy (non-hydrogen) atoms. The molecule has 0 saturated heterocycles. The molecular formula is C15H19BrClNO2. The molecule has 2 rings (SSSR count). The largest absolute Gasteiger partial charge is 0.394 e. The Bertz CT molecular complexity index is 509. The Morgan fingerprint density at radius 1 is 1.60 bits per heavy atom. The van der Waals surface area contributed by atoms with Crippen molar-refractivity contribution in [3.8, 4) is 0 Å². The zero-order valence-corrected chi connectivity index (χ0v) is 13.8. The van der Waals surface area contributed by atoms with E-state index in [1.807, 2.05) is 0 Å². The number of carbonyl (C=O) groups excluding carboxylic acids is 1. The van der Waals surface area contributed by atoms with Gasteiger partial charge in [-0.1, -0.05) is 31.4 Å². The molecule has 0 radical (unpaired) electrons. The zero-order valence-electron chi connectivity index (χ0n) is 11.5. The molecule has 0 aromatic heterocycles. The van der Waals surface area contributed by atoms with Crippen molar-refractivity contribution >= 4 is 33.4 Å². The fourth-order valence-corrected chi connectivity index (χ4v) is 3.80. The van der Waals surface area contributed by atoms with E-state index < -0.39 is 5.54 Å². The smallest absolute Gasteiger partial charge is 0.252 e. The van der Waals surface area contributed by atoms with Crippen LogP contribution in [0.25, 0.3) is 0 Å². The maximum Gasteiger partial charge on any atom is 0.252 e. The molecule has 0 bridgehead atoms. The summed E-state index contributed by atoms with van der Waals surface area (Å²) in [5.41, 5.74) is 0.0498. The number of rotatable bonds is 3. The van der Waals surface area contributed by atoms with Crippen LogP contribution in [-0.2, 0) is 0 Å². The number of hydrogen-bond acceptors (Lipinski definition) is 2. The highest BCUT2D eigenvalue weighted by Crippen LogP contribution is 2.32. The Balaban J connectivity index is 2.16. The second-order valence-corrected chi connectivity index (χ2v) is 7.01. The molecular weight excluding hydrogens is 342 g/mol. The third-order valence-electron chi connectivity index (χ3n) is 3.95. The average Bonchev–Trinajstić information content (AvgIpc) is 2.38. The van der Waals surface area contributed by atoms with Crippen molar-refractivity contribution in [3.63, 3.8) is 0 Å². The van der Waals surface area contributed by atoms with Gasteiger partial charge in [-0.15, -0.1) is 0 Å². The van der Waals surface area contributed by atoms with E-state index in [9.17, 15) is 9.90 Å². The molecule has 1 saturated carbocycles. The lowest BCUT2D eigenvalue weighted by molar-refractivity contribution is 0.0696. The molecule has 1 fully saturated rings. The van der Waals surface area contributed by atoms with E-state index in [1.54, 1.807) is 18.2 Å². The number of aliphatic hydroxyl groups excluding tert-OH is 1. The summed E-state index contributed by atoms with van der Waals surface area (Å²) in [5.74, 6) is 0.349. The summed E-state index contributed by atoms with van der Waals surface area (Å²) in [6.45, 7) is 2.14. The summed E-state index contributed by atoms with van der Waals surface area (Å²) in [7, 11) is 0. The maximum absolute atomic E-state index is 12.4. The molecule has 5 heteroatoms. The third-order valence-corrected chi connectivity index (χ3v) is 4.84. The van der Waals surface area contributed by atoms with Gasteiger partial charge in [0.25, 0.3) is 5.91 Å². The van der Waals surface area contributed by atoms with Crippen molar-refractivity contribution in [2.24, 2.45) is 5.92 Å².